The Morgan fingerprint density at radius 1 is 0.264 bits per heavy atom. The molecule has 0 bridgehead atoms. The molecule has 0 spiro atoms. The van der Waals surface area contributed by atoms with E-state index < -0.39 is 160 Å². The van der Waals surface area contributed by atoms with E-state index in [1.165, 1.54) is 21.1 Å². The molecule has 3 saturated heterocycles. The van der Waals surface area contributed by atoms with Crippen LogP contribution < -0.4 is 21.3 Å². The van der Waals surface area contributed by atoms with Gasteiger partial charge in [0.05, 0.1) is 105 Å². The second kappa shape index (κ2) is 50.9. The lowest BCUT2D eigenvalue weighted by Crippen LogP contribution is -2.59. The quantitative estimate of drug-likeness (QED) is 0.0254. The minimum Gasteiger partial charge on any atom is -0.480 e. The van der Waals surface area contributed by atoms with Crippen LogP contribution in [0.2, 0.25) is 0 Å². The van der Waals surface area contributed by atoms with Crippen molar-refractivity contribution in [2.24, 2.45) is 5.41 Å². The van der Waals surface area contributed by atoms with Crippen LogP contribution in [0, 0.1) is 5.41 Å². The molecule has 0 aromatic heterocycles. The summed E-state index contributed by atoms with van der Waals surface area (Å²) in [6.45, 7) is -4.50. The summed E-state index contributed by atoms with van der Waals surface area (Å²) in [4.78, 5) is 230. The van der Waals surface area contributed by atoms with Crippen LogP contribution in [0.25, 0.3) is 0 Å². The molecular weight excluding hydrogens is 1460 g/mol. The summed E-state index contributed by atoms with van der Waals surface area (Å²) < 4.78 is 0. The molecule has 12 N–H and O–H groups in total. The van der Waals surface area contributed by atoms with Crippen LogP contribution in [0.5, 0.6) is 0 Å². The maximum absolute atomic E-state index is 14.2. The maximum Gasteiger partial charge on any atom is 0.317 e. The molecule has 7 amide bonds. The first-order valence-electron chi connectivity index (χ1n) is 36.2. The number of rotatable bonds is 40. The van der Waals surface area contributed by atoms with Crippen molar-refractivity contribution in [1.82, 2.24) is 99.7 Å². The summed E-state index contributed by atoms with van der Waals surface area (Å²) in [7, 11) is 7.27. The fraction of sp³-hybridized carbons (Fsp3) is 0.758. The number of likely N-dealkylation sites (N-methyl/N-ethyl adjacent to an activating group) is 4. The lowest BCUT2D eigenvalue weighted by molar-refractivity contribution is -0.141. The van der Waals surface area contributed by atoms with Gasteiger partial charge in [-0.15, -0.1) is 0 Å². The number of aliphatic carboxylic acids is 8. The van der Waals surface area contributed by atoms with Crippen LogP contribution in [-0.2, 0) is 76.7 Å². The van der Waals surface area contributed by atoms with Gasteiger partial charge in [-0.1, -0.05) is 0 Å². The third-order valence-corrected chi connectivity index (χ3v) is 18.6. The van der Waals surface area contributed by atoms with Crippen LogP contribution in [0.15, 0.2) is 0 Å². The number of carboxylic acids is 8. The third kappa shape index (κ3) is 42.4. The molecule has 0 aromatic carbocycles. The molecule has 0 unspecified atom stereocenters. The van der Waals surface area contributed by atoms with Crippen LogP contribution in [0.3, 0.4) is 0 Å². The first-order chi connectivity index (χ1) is 51.9. The number of hydrogen-bond acceptors (Lipinski definition) is 29. The van der Waals surface area contributed by atoms with E-state index in [0.717, 1.165) is 14.7 Å². The summed E-state index contributed by atoms with van der Waals surface area (Å²) in [5, 5.41) is 88.5. The van der Waals surface area contributed by atoms with Gasteiger partial charge in [0.1, 0.15) is 6.29 Å². The fourth-order valence-electron chi connectivity index (χ4n) is 12.2. The van der Waals surface area contributed by atoms with Crippen molar-refractivity contribution in [1.29, 1.82) is 0 Å². The number of aldehydes is 1. The average Bonchev–Trinajstić information content (AvgIpc) is 0.848. The Labute approximate surface area is 639 Å². The van der Waals surface area contributed by atoms with Crippen LogP contribution in [0.4, 0.5) is 0 Å². The molecule has 44 heteroatoms. The van der Waals surface area contributed by atoms with E-state index in [1.54, 1.807) is 77.8 Å². The minimum absolute atomic E-state index is 0.00668. The van der Waals surface area contributed by atoms with Crippen molar-refractivity contribution in [2.75, 3.05) is 323 Å². The third-order valence-electron chi connectivity index (χ3n) is 18.6. The van der Waals surface area contributed by atoms with Crippen LogP contribution >= 0.6 is 0 Å². The van der Waals surface area contributed by atoms with Crippen molar-refractivity contribution in [3.8, 4) is 0 Å². The topological polar surface area (TPSA) is 535 Å². The molecule has 3 rings (SSSR count). The van der Waals surface area contributed by atoms with Gasteiger partial charge in [-0.25, -0.2) is 0 Å². The highest BCUT2D eigenvalue weighted by atomic mass is 16.4. The highest BCUT2D eigenvalue weighted by Gasteiger charge is 2.35. The fourth-order valence-corrected chi connectivity index (χ4v) is 12.2. The second-order valence-corrected chi connectivity index (χ2v) is 28.2. The normalized spacial score (nSPS) is 17.9. The number of nitrogens with one attached hydrogen (secondary N) is 4. The zero-order valence-corrected chi connectivity index (χ0v) is 64.0. The van der Waals surface area contributed by atoms with Gasteiger partial charge in [0.2, 0.25) is 41.4 Å². The van der Waals surface area contributed by atoms with Gasteiger partial charge >= 0.3 is 47.8 Å². The van der Waals surface area contributed by atoms with Gasteiger partial charge in [0, 0.05) is 210 Å². The van der Waals surface area contributed by atoms with E-state index in [-0.39, 0.29) is 223 Å². The van der Waals surface area contributed by atoms with Crippen molar-refractivity contribution >= 4 is 95.4 Å². The largest absolute Gasteiger partial charge is 0.480 e. The van der Waals surface area contributed by atoms with Gasteiger partial charge in [0.25, 0.3) is 0 Å². The molecule has 3 heterocycles. The average molecular weight is 1570 g/mol. The minimum atomic E-state index is -1.59. The van der Waals surface area contributed by atoms with E-state index in [0.29, 0.717) is 6.29 Å². The summed E-state index contributed by atoms with van der Waals surface area (Å²) in [6, 6.07) is 0. The predicted octanol–water partition coefficient (Wildman–Crippen LogP) is -11.1. The molecule has 3 aliphatic rings. The smallest absolute Gasteiger partial charge is 0.317 e. The zero-order chi connectivity index (χ0) is 82.0. The van der Waals surface area contributed by atoms with Crippen molar-refractivity contribution in [2.45, 2.75) is 0 Å². The molecule has 0 aliphatic carbocycles. The molecule has 3 aliphatic heterocycles. The summed E-state index contributed by atoms with van der Waals surface area (Å²) >= 11 is 0. The van der Waals surface area contributed by atoms with Crippen molar-refractivity contribution in [3.05, 3.63) is 0 Å². The molecule has 44 nitrogen and oxygen atoms in total. The molecule has 0 aromatic rings. The number of carboxylic acid groups (broad SMARTS) is 8. The summed E-state index contributed by atoms with van der Waals surface area (Å²) in [6.07, 6.45) is 0.692. The molecule has 110 heavy (non-hydrogen) atoms. The van der Waals surface area contributed by atoms with E-state index in [1.807, 2.05) is 0 Å². The molecular formula is C66H116N20O24. The molecule has 0 radical (unpaired) electrons. The number of carbonyl (C=O) groups excluding carboxylic acids is 8. The van der Waals surface area contributed by atoms with Crippen LogP contribution in [-0.4, -0.2) is 538 Å². The first kappa shape index (κ1) is 95.4. The Balaban J connectivity index is 1.99. The Morgan fingerprint density at radius 2 is 0.418 bits per heavy atom. The van der Waals surface area contributed by atoms with Gasteiger partial charge in [-0.2, -0.15) is 0 Å². The summed E-state index contributed by atoms with van der Waals surface area (Å²) in [5.41, 5.74) is -1.59. The Kier molecular flexibility index (Phi) is 44.1. The van der Waals surface area contributed by atoms with Crippen molar-refractivity contribution < 1.29 is 118 Å². The molecule has 624 valence electrons. The molecule has 0 saturated carbocycles. The SMILES string of the molecule is CN(C)CC(=O)NCC(CNC(=O)CN(C)C(=O)CN1CCN(CC=O)CCN(CC(=O)O)CCN(CC(=O)O)CC1)(CNC(=O)CN(C)C(=O)CN1CCN(CC(=O)O)CCN(CC(=O)O)CCN(CC(=O)O)CC1)CNC(=O)CN(C)C(=O)CN1CCN(CC(=O)O)CCN(CC(=O)O)CCN(CC(=O)O)CC1. The summed E-state index contributed by atoms with van der Waals surface area (Å²) in [5.74, 6) is -13.7. The number of hydrogen-bond donors (Lipinski definition) is 12. The van der Waals surface area contributed by atoms with Crippen molar-refractivity contribution in [3.63, 3.8) is 0 Å². The maximum atomic E-state index is 14.2. The highest BCUT2D eigenvalue weighted by molar-refractivity contribution is 5.87. The van der Waals surface area contributed by atoms with E-state index >= 15 is 0 Å². The standard InChI is InChI=1S/C66H116N20O24/c1-71(2)32-51(88)67-47-66(48-68-52(89)33-72(3)55(92)36-76-8-6-75(30-31-87)7-9-79(39-58(95)96)20-21-80(15-10-76)40-59(97)98,49-69-53(90)34-73(4)56(93)37-77-11-16-81(41-60(99)100)22-26-85(45-64(107)108)27-23-82(17-12-77)42-61(101)102)50-70-54(91)35-74(5)57(94)38-78-13-18-83(43-62(103)104)24-28-86(46-65(109)110)29-25-84(19-14-78)44-63(105)106/h31H,6-30,32-50H2,1-5H3,(H,67,88)(H,68,89)(H,69,90)(H,70,91)(H,95,96)(H,97,98)(H,99,100)(H,101,102)(H,103,104)(H,105,106)(H,107,108)(H,109,110). The predicted molar refractivity (Wildman–Crippen MR) is 390 cm³/mol. The molecule has 0 atom stereocenters. The zero-order valence-electron chi connectivity index (χ0n) is 64.0. The van der Waals surface area contributed by atoms with E-state index in [4.69, 9.17) is 0 Å². The number of nitrogens with zero attached hydrogens (tertiary/aromatic N) is 16. The van der Waals surface area contributed by atoms with Gasteiger partial charge in [-0.3, -0.25) is 131 Å². The Morgan fingerprint density at radius 3 is 0.573 bits per heavy atom. The highest BCUT2D eigenvalue weighted by Crippen LogP contribution is 2.15. The van der Waals surface area contributed by atoms with Crippen LogP contribution in [0.1, 0.15) is 0 Å². The molecule has 3 fully saturated rings. The number of carbonyl (C=O) groups is 16. The lowest BCUT2D eigenvalue weighted by Gasteiger charge is -2.36. The van der Waals surface area contributed by atoms with E-state index in [9.17, 15) is 118 Å². The second-order valence-electron chi connectivity index (χ2n) is 28.2. The van der Waals surface area contributed by atoms with Gasteiger partial charge < -0.3 is 86.5 Å². The first-order valence-corrected chi connectivity index (χ1v) is 36.2. The van der Waals surface area contributed by atoms with Gasteiger partial charge in [-0.05, 0) is 14.1 Å². The lowest BCUT2D eigenvalue weighted by atomic mass is 9.86. The number of amides is 7. The van der Waals surface area contributed by atoms with Gasteiger partial charge in [0.15, 0.2) is 0 Å². The Hall–Kier alpha value is -8.80. The monoisotopic (exact) mass is 1570 g/mol. The Bertz CT molecular complexity index is 2870. The van der Waals surface area contributed by atoms with E-state index in [2.05, 4.69) is 21.3 Å².